The molecule has 1 N–H and O–H groups in total. The molecule has 0 saturated carbocycles. The average Bonchev–Trinajstić information content (AvgIpc) is 3.06. The molecule has 3 rings (SSSR count). The van der Waals surface area contributed by atoms with Gasteiger partial charge in [0.15, 0.2) is 11.0 Å². The van der Waals surface area contributed by atoms with E-state index in [9.17, 15) is 4.79 Å². The topological polar surface area (TPSA) is 59.8 Å². The Morgan fingerprint density at radius 2 is 1.85 bits per heavy atom. The van der Waals surface area contributed by atoms with Crippen LogP contribution in [0, 0.1) is 0 Å². The van der Waals surface area contributed by atoms with Crippen LogP contribution in [-0.2, 0) is 11.8 Å². The van der Waals surface area contributed by atoms with E-state index < -0.39 is 0 Å². The van der Waals surface area contributed by atoms with Crippen molar-refractivity contribution in [2.45, 2.75) is 18.0 Å². The molecule has 0 radical (unpaired) electrons. The third-order valence-electron chi connectivity index (χ3n) is 4.24. The third kappa shape index (κ3) is 5.11. The number of hydrogen-bond donors (Lipinski definition) is 1. The number of carbonyl (C=O) groups excluding carboxylic acids is 1. The first kappa shape index (κ1) is 19.5. The molecular formula is C20H21ClN4OS. The van der Waals surface area contributed by atoms with Crippen molar-refractivity contribution < 1.29 is 4.79 Å². The first-order valence-electron chi connectivity index (χ1n) is 8.64. The second kappa shape index (κ2) is 9.06. The molecule has 27 heavy (non-hydrogen) atoms. The number of halogens is 1. The Labute approximate surface area is 168 Å². The van der Waals surface area contributed by atoms with Gasteiger partial charge in [0.05, 0.1) is 5.75 Å². The van der Waals surface area contributed by atoms with Gasteiger partial charge in [0.25, 0.3) is 0 Å². The van der Waals surface area contributed by atoms with Gasteiger partial charge in [0, 0.05) is 24.2 Å². The van der Waals surface area contributed by atoms with Gasteiger partial charge in [-0.3, -0.25) is 4.79 Å². The lowest BCUT2D eigenvalue weighted by atomic mass is 10.0. The highest BCUT2D eigenvalue weighted by Gasteiger charge is 2.13. The largest absolute Gasteiger partial charge is 0.355 e. The van der Waals surface area contributed by atoms with E-state index in [0.29, 0.717) is 22.5 Å². The molecule has 0 fully saturated rings. The van der Waals surface area contributed by atoms with Crippen molar-refractivity contribution in [3.05, 3.63) is 65.2 Å². The van der Waals surface area contributed by atoms with Crippen LogP contribution in [0.2, 0.25) is 5.02 Å². The first-order chi connectivity index (χ1) is 13.0. The number of nitrogens with zero attached hydrogens (tertiary/aromatic N) is 3. The third-order valence-corrected chi connectivity index (χ3v) is 5.52. The van der Waals surface area contributed by atoms with Crippen molar-refractivity contribution in [2.75, 3.05) is 12.3 Å². The van der Waals surface area contributed by atoms with Gasteiger partial charge in [-0.1, -0.05) is 60.6 Å². The van der Waals surface area contributed by atoms with E-state index >= 15 is 0 Å². The summed E-state index contributed by atoms with van der Waals surface area (Å²) in [7, 11) is 1.89. The number of amides is 1. The SMILES string of the molecule is C[C@@H](CNC(=O)CSc1nnc(-c2ccc(Cl)cc2)n1C)c1ccccc1. The standard InChI is InChI=1S/C20H21ClN4OS/c1-14(15-6-4-3-5-7-15)12-22-18(26)13-27-20-24-23-19(25(20)2)16-8-10-17(21)11-9-16/h3-11,14H,12-13H2,1-2H3,(H,22,26)/t14-/m0/s1. The van der Waals surface area contributed by atoms with Crippen LogP contribution in [0.4, 0.5) is 0 Å². The van der Waals surface area contributed by atoms with Crippen LogP contribution in [0.1, 0.15) is 18.4 Å². The van der Waals surface area contributed by atoms with Crippen LogP contribution in [0.25, 0.3) is 11.4 Å². The zero-order valence-corrected chi connectivity index (χ0v) is 16.8. The molecule has 1 atom stereocenters. The molecule has 0 unspecified atom stereocenters. The maximum atomic E-state index is 12.2. The molecule has 1 heterocycles. The summed E-state index contributed by atoms with van der Waals surface area (Å²) in [5.74, 6) is 1.30. The maximum absolute atomic E-state index is 12.2. The van der Waals surface area contributed by atoms with E-state index in [1.807, 2.05) is 54.1 Å². The van der Waals surface area contributed by atoms with Crippen LogP contribution >= 0.6 is 23.4 Å². The molecule has 1 amide bonds. The van der Waals surface area contributed by atoms with Gasteiger partial charge < -0.3 is 9.88 Å². The predicted octanol–water partition coefficient (Wildman–Crippen LogP) is 4.15. The lowest BCUT2D eigenvalue weighted by molar-refractivity contribution is -0.118. The zero-order valence-electron chi connectivity index (χ0n) is 15.2. The second-order valence-electron chi connectivity index (χ2n) is 6.28. The Kier molecular flexibility index (Phi) is 6.53. The van der Waals surface area contributed by atoms with Gasteiger partial charge in [-0.15, -0.1) is 10.2 Å². The molecule has 2 aromatic carbocycles. The molecule has 0 aliphatic rings. The fourth-order valence-corrected chi connectivity index (χ4v) is 3.51. The highest BCUT2D eigenvalue weighted by molar-refractivity contribution is 7.99. The normalized spacial score (nSPS) is 12.0. The minimum absolute atomic E-state index is 0.0150. The summed E-state index contributed by atoms with van der Waals surface area (Å²) in [6, 6.07) is 17.6. The highest BCUT2D eigenvalue weighted by atomic mass is 35.5. The Hall–Kier alpha value is -2.31. The van der Waals surface area contributed by atoms with E-state index in [0.717, 1.165) is 11.4 Å². The Morgan fingerprint density at radius 1 is 1.15 bits per heavy atom. The van der Waals surface area contributed by atoms with Crippen LogP contribution in [0.5, 0.6) is 0 Å². The van der Waals surface area contributed by atoms with Crippen molar-refractivity contribution in [3.63, 3.8) is 0 Å². The Bertz CT molecular complexity index is 896. The minimum Gasteiger partial charge on any atom is -0.355 e. The van der Waals surface area contributed by atoms with Gasteiger partial charge in [0.2, 0.25) is 5.91 Å². The Balaban J connectivity index is 1.53. The van der Waals surface area contributed by atoms with Crippen molar-refractivity contribution in [1.82, 2.24) is 20.1 Å². The van der Waals surface area contributed by atoms with Gasteiger partial charge in [-0.25, -0.2) is 0 Å². The molecule has 0 saturated heterocycles. The summed E-state index contributed by atoms with van der Waals surface area (Å²) in [6.07, 6.45) is 0. The van der Waals surface area contributed by atoms with Gasteiger partial charge >= 0.3 is 0 Å². The molecule has 0 aliphatic heterocycles. The number of thioether (sulfide) groups is 1. The molecule has 0 bridgehead atoms. The fraction of sp³-hybridized carbons (Fsp3) is 0.250. The molecule has 3 aromatic rings. The number of rotatable bonds is 7. The number of hydrogen-bond acceptors (Lipinski definition) is 4. The molecule has 140 valence electrons. The number of aromatic nitrogens is 3. The number of nitrogens with one attached hydrogen (secondary N) is 1. The average molecular weight is 401 g/mol. The molecular weight excluding hydrogens is 380 g/mol. The van der Waals surface area contributed by atoms with E-state index in [4.69, 9.17) is 11.6 Å². The van der Waals surface area contributed by atoms with Crippen LogP contribution in [0.3, 0.4) is 0 Å². The Morgan fingerprint density at radius 3 is 2.56 bits per heavy atom. The zero-order chi connectivity index (χ0) is 19.2. The number of benzene rings is 2. The quantitative estimate of drug-likeness (QED) is 0.605. The molecule has 0 aliphatic carbocycles. The summed E-state index contributed by atoms with van der Waals surface area (Å²) < 4.78 is 1.88. The van der Waals surface area contributed by atoms with Crippen molar-refractivity contribution in [2.24, 2.45) is 7.05 Å². The van der Waals surface area contributed by atoms with Gasteiger partial charge in [-0.05, 0) is 35.7 Å². The lowest BCUT2D eigenvalue weighted by Crippen LogP contribution is -2.29. The van der Waals surface area contributed by atoms with Crippen LogP contribution in [0.15, 0.2) is 59.8 Å². The van der Waals surface area contributed by atoms with Gasteiger partial charge in [0.1, 0.15) is 0 Å². The molecule has 5 nitrogen and oxygen atoms in total. The fourth-order valence-electron chi connectivity index (χ4n) is 2.64. The lowest BCUT2D eigenvalue weighted by Gasteiger charge is -2.12. The summed E-state index contributed by atoms with van der Waals surface area (Å²) in [5.41, 5.74) is 2.15. The predicted molar refractivity (Wildman–Crippen MR) is 110 cm³/mol. The van der Waals surface area contributed by atoms with Crippen LogP contribution < -0.4 is 5.32 Å². The first-order valence-corrected chi connectivity index (χ1v) is 10.0. The molecule has 1 aromatic heterocycles. The number of carbonyl (C=O) groups is 1. The molecule has 0 spiro atoms. The van der Waals surface area contributed by atoms with E-state index in [1.54, 1.807) is 0 Å². The minimum atomic E-state index is -0.0150. The summed E-state index contributed by atoms with van der Waals surface area (Å²) in [4.78, 5) is 12.2. The summed E-state index contributed by atoms with van der Waals surface area (Å²) in [5, 5.41) is 12.8. The van der Waals surface area contributed by atoms with E-state index in [2.05, 4.69) is 34.6 Å². The molecule has 7 heteroatoms. The smallest absolute Gasteiger partial charge is 0.230 e. The summed E-state index contributed by atoms with van der Waals surface area (Å²) >= 11 is 7.30. The highest BCUT2D eigenvalue weighted by Crippen LogP contribution is 2.23. The summed E-state index contributed by atoms with van der Waals surface area (Å²) in [6.45, 7) is 2.71. The second-order valence-corrected chi connectivity index (χ2v) is 7.66. The van der Waals surface area contributed by atoms with Crippen molar-refractivity contribution in [1.29, 1.82) is 0 Å². The van der Waals surface area contributed by atoms with Gasteiger partial charge in [-0.2, -0.15) is 0 Å². The monoisotopic (exact) mass is 400 g/mol. The van der Waals surface area contributed by atoms with Crippen molar-refractivity contribution in [3.8, 4) is 11.4 Å². The van der Waals surface area contributed by atoms with Crippen LogP contribution in [-0.4, -0.2) is 33.0 Å². The van der Waals surface area contributed by atoms with E-state index in [1.165, 1.54) is 17.3 Å². The van der Waals surface area contributed by atoms with Crippen molar-refractivity contribution >= 4 is 29.3 Å². The van der Waals surface area contributed by atoms with E-state index in [-0.39, 0.29) is 11.8 Å². The maximum Gasteiger partial charge on any atom is 0.230 e.